The Morgan fingerprint density at radius 3 is 2.74 bits per heavy atom. The quantitative estimate of drug-likeness (QED) is 0.790. The van der Waals surface area contributed by atoms with Crippen molar-refractivity contribution in [1.29, 1.82) is 0 Å². The number of nitrogens with one attached hydrogen (secondary N) is 1. The fraction of sp³-hybridized carbons (Fsp3) is 0.538. The summed E-state index contributed by atoms with van der Waals surface area (Å²) >= 11 is 1.02. The van der Waals surface area contributed by atoms with Crippen LogP contribution in [0.1, 0.15) is 18.4 Å². The first-order chi connectivity index (χ1) is 8.95. The maximum atomic E-state index is 12.2. The maximum absolute atomic E-state index is 12.2. The molecule has 0 radical (unpaired) electrons. The molecule has 2 nitrogen and oxygen atoms in total. The van der Waals surface area contributed by atoms with Gasteiger partial charge in [-0.05, 0) is 30.5 Å². The third-order valence-electron chi connectivity index (χ3n) is 2.86. The van der Waals surface area contributed by atoms with Crippen molar-refractivity contribution in [3.63, 3.8) is 0 Å². The summed E-state index contributed by atoms with van der Waals surface area (Å²) in [5.41, 5.74) is 1.05. The lowest BCUT2D eigenvalue weighted by Crippen LogP contribution is -2.30. The Hall–Kier alpha value is -0.720. The highest BCUT2D eigenvalue weighted by molar-refractivity contribution is 7.99. The highest BCUT2D eigenvalue weighted by atomic mass is 32.2. The van der Waals surface area contributed by atoms with E-state index in [0.29, 0.717) is 6.04 Å². The molecule has 0 aliphatic heterocycles. The number of aliphatic hydroxyl groups excluding tert-OH is 1. The Kier molecular flexibility index (Phi) is 4.76. The summed E-state index contributed by atoms with van der Waals surface area (Å²) in [7, 11) is 0. The van der Waals surface area contributed by atoms with Crippen LogP contribution in [0, 0.1) is 0 Å². The van der Waals surface area contributed by atoms with E-state index in [1.807, 2.05) is 18.2 Å². The monoisotopic (exact) mass is 291 g/mol. The van der Waals surface area contributed by atoms with Gasteiger partial charge in [0.2, 0.25) is 0 Å². The van der Waals surface area contributed by atoms with Gasteiger partial charge in [0.25, 0.3) is 0 Å². The Balaban J connectivity index is 1.83. The number of alkyl halides is 3. The van der Waals surface area contributed by atoms with Crippen LogP contribution >= 0.6 is 11.8 Å². The van der Waals surface area contributed by atoms with Gasteiger partial charge in [-0.2, -0.15) is 13.2 Å². The molecule has 0 bridgehead atoms. The van der Waals surface area contributed by atoms with Crippen LogP contribution in [0.3, 0.4) is 0 Å². The number of thioether (sulfide) groups is 1. The molecule has 1 aliphatic rings. The van der Waals surface area contributed by atoms with Crippen LogP contribution < -0.4 is 5.32 Å². The average molecular weight is 291 g/mol. The van der Waals surface area contributed by atoms with E-state index >= 15 is 0 Å². The Labute approximate surface area is 114 Å². The molecule has 19 heavy (non-hydrogen) atoms. The van der Waals surface area contributed by atoms with Crippen molar-refractivity contribution in [3.8, 4) is 0 Å². The molecule has 2 N–H and O–H groups in total. The Morgan fingerprint density at radius 1 is 1.37 bits per heavy atom. The standard InChI is InChI=1S/C13H16F3NOS/c14-13(15,16)12(18)8-19-11-3-1-2-9(6-11)7-17-10-4-5-10/h1-3,6,10,12,17-18H,4-5,7-8H2. The van der Waals surface area contributed by atoms with Gasteiger partial charge in [-0.3, -0.25) is 0 Å². The smallest absolute Gasteiger partial charge is 0.383 e. The molecule has 0 spiro atoms. The fourth-order valence-electron chi connectivity index (χ4n) is 1.56. The number of aliphatic hydroxyl groups is 1. The predicted octanol–water partition coefficient (Wildman–Crippen LogP) is 2.95. The van der Waals surface area contributed by atoms with Crippen molar-refractivity contribution in [2.24, 2.45) is 0 Å². The zero-order valence-corrected chi connectivity index (χ0v) is 11.1. The topological polar surface area (TPSA) is 32.3 Å². The van der Waals surface area contributed by atoms with Gasteiger partial charge in [-0.25, -0.2) is 0 Å². The first-order valence-electron chi connectivity index (χ1n) is 6.15. The van der Waals surface area contributed by atoms with Crippen LogP contribution in [-0.4, -0.2) is 29.2 Å². The normalized spacial score (nSPS) is 17.5. The summed E-state index contributed by atoms with van der Waals surface area (Å²) in [5.74, 6) is -0.372. The van der Waals surface area contributed by atoms with E-state index in [0.717, 1.165) is 28.8 Å². The van der Waals surface area contributed by atoms with Crippen LogP contribution in [0.2, 0.25) is 0 Å². The molecule has 1 aromatic carbocycles. The summed E-state index contributed by atoms with van der Waals surface area (Å²) in [6.45, 7) is 0.737. The Bertz CT molecular complexity index is 421. The van der Waals surface area contributed by atoms with Gasteiger partial charge in [0.15, 0.2) is 6.10 Å². The van der Waals surface area contributed by atoms with Gasteiger partial charge < -0.3 is 10.4 Å². The second-order valence-electron chi connectivity index (χ2n) is 4.67. The SMILES string of the molecule is OC(CSc1cccc(CNC2CC2)c1)C(F)(F)F. The van der Waals surface area contributed by atoms with E-state index in [2.05, 4.69) is 5.32 Å². The molecule has 1 unspecified atom stereocenters. The van der Waals surface area contributed by atoms with Gasteiger partial charge in [0, 0.05) is 23.2 Å². The van der Waals surface area contributed by atoms with E-state index in [4.69, 9.17) is 5.11 Å². The van der Waals surface area contributed by atoms with E-state index < -0.39 is 12.3 Å². The zero-order valence-electron chi connectivity index (χ0n) is 10.3. The van der Waals surface area contributed by atoms with Gasteiger partial charge in [0.1, 0.15) is 0 Å². The summed E-state index contributed by atoms with van der Waals surface area (Å²) in [6, 6.07) is 7.99. The second-order valence-corrected chi connectivity index (χ2v) is 5.76. The minimum atomic E-state index is -4.54. The number of hydrogen-bond acceptors (Lipinski definition) is 3. The minimum absolute atomic E-state index is 0.372. The van der Waals surface area contributed by atoms with Gasteiger partial charge in [-0.1, -0.05) is 12.1 Å². The van der Waals surface area contributed by atoms with E-state index in [1.165, 1.54) is 12.8 Å². The zero-order chi connectivity index (χ0) is 13.9. The molecule has 1 fully saturated rings. The number of hydrogen-bond donors (Lipinski definition) is 2. The molecule has 1 saturated carbocycles. The molecule has 0 aromatic heterocycles. The molecule has 6 heteroatoms. The Morgan fingerprint density at radius 2 is 2.11 bits per heavy atom. The summed E-state index contributed by atoms with van der Waals surface area (Å²) in [4.78, 5) is 0.749. The first kappa shape index (κ1) is 14.7. The largest absolute Gasteiger partial charge is 0.415 e. The number of halogens is 3. The number of rotatable bonds is 6. The van der Waals surface area contributed by atoms with Crippen LogP contribution in [0.25, 0.3) is 0 Å². The predicted molar refractivity (Wildman–Crippen MR) is 69.1 cm³/mol. The minimum Gasteiger partial charge on any atom is -0.383 e. The molecule has 2 rings (SSSR count). The third kappa shape index (κ3) is 5.04. The lowest BCUT2D eigenvalue weighted by Gasteiger charge is -2.14. The molecule has 1 aromatic rings. The highest BCUT2D eigenvalue weighted by Crippen LogP contribution is 2.27. The summed E-state index contributed by atoms with van der Waals surface area (Å²) in [5, 5.41) is 12.3. The van der Waals surface area contributed by atoms with Crippen LogP contribution in [0.5, 0.6) is 0 Å². The number of benzene rings is 1. The van der Waals surface area contributed by atoms with E-state index in [1.54, 1.807) is 6.07 Å². The fourth-order valence-corrected chi connectivity index (χ4v) is 2.51. The van der Waals surface area contributed by atoms with Crippen LogP contribution in [0.15, 0.2) is 29.2 Å². The second kappa shape index (κ2) is 6.15. The van der Waals surface area contributed by atoms with E-state index in [9.17, 15) is 13.2 Å². The molecule has 1 atom stereocenters. The third-order valence-corrected chi connectivity index (χ3v) is 3.93. The highest BCUT2D eigenvalue weighted by Gasteiger charge is 2.37. The molecule has 106 valence electrons. The van der Waals surface area contributed by atoms with Crippen molar-refractivity contribution < 1.29 is 18.3 Å². The van der Waals surface area contributed by atoms with Gasteiger partial charge in [-0.15, -0.1) is 11.8 Å². The first-order valence-corrected chi connectivity index (χ1v) is 7.13. The summed E-state index contributed by atoms with van der Waals surface area (Å²) < 4.78 is 36.5. The van der Waals surface area contributed by atoms with E-state index in [-0.39, 0.29) is 5.75 Å². The van der Waals surface area contributed by atoms with Crippen molar-refractivity contribution in [2.75, 3.05) is 5.75 Å². The molecule has 0 amide bonds. The average Bonchev–Trinajstić information content (AvgIpc) is 3.17. The van der Waals surface area contributed by atoms with Crippen LogP contribution in [-0.2, 0) is 6.54 Å². The van der Waals surface area contributed by atoms with Gasteiger partial charge >= 0.3 is 6.18 Å². The summed E-state index contributed by atoms with van der Waals surface area (Å²) in [6.07, 6.45) is -4.41. The molecular weight excluding hydrogens is 275 g/mol. The van der Waals surface area contributed by atoms with Crippen LogP contribution in [0.4, 0.5) is 13.2 Å². The van der Waals surface area contributed by atoms with Crippen molar-refractivity contribution in [1.82, 2.24) is 5.32 Å². The van der Waals surface area contributed by atoms with Crippen molar-refractivity contribution in [3.05, 3.63) is 29.8 Å². The molecular formula is C13H16F3NOS. The lowest BCUT2D eigenvalue weighted by molar-refractivity contribution is -0.195. The molecule has 0 saturated heterocycles. The van der Waals surface area contributed by atoms with Gasteiger partial charge in [0.05, 0.1) is 0 Å². The lowest BCUT2D eigenvalue weighted by atomic mass is 10.2. The molecule has 0 heterocycles. The van der Waals surface area contributed by atoms with Crippen molar-refractivity contribution >= 4 is 11.8 Å². The molecule has 1 aliphatic carbocycles. The maximum Gasteiger partial charge on any atom is 0.415 e. The van der Waals surface area contributed by atoms with Crippen molar-refractivity contribution in [2.45, 2.75) is 42.6 Å².